The fourth-order valence-electron chi connectivity index (χ4n) is 2.52. The highest BCUT2D eigenvalue weighted by Gasteiger charge is 2.32. The average molecular weight is 354 g/mol. The Morgan fingerprint density at radius 3 is 2.65 bits per heavy atom. The lowest BCUT2D eigenvalue weighted by atomic mass is 9.94. The molecule has 0 saturated heterocycles. The van der Waals surface area contributed by atoms with E-state index in [1.54, 1.807) is 42.5 Å². The molecule has 2 aromatic carbocycles. The Hall–Kier alpha value is -3.02. The summed E-state index contributed by atoms with van der Waals surface area (Å²) in [5, 5.41) is 5.68. The van der Waals surface area contributed by atoms with Crippen LogP contribution in [0.25, 0.3) is 0 Å². The van der Waals surface area contributed by atoms with Gasteiger partial charge in [0.15, 0.2) is 0 Å². The van der Waals surface area contributed by atoms with E-state index in [4.69, 9.17) is 9.47 Å². The van der Waals surface area contributed by atoms with Gasteiger partial charge in [-0.05, 0) is 63.2 Å². The van der Waals surface area contributed by atoms with E-state index in [-0.39, 0.29) is 11.8 Å². The van der Waals surface area contributed by atoms with Gasteiger partial charge in [-0.1, -0.05) is 0 Å². The fourth-order valence-corrected chi connectivity index (χ4v) is 2.52. The van der Waals surface area contributed by atoms with Crippen LogP contribution >= 0.6 is 0 Å². The van der Waals surface area contributed by atoms with Crippen molar-refractivity contribution in [1.29, 1.82) is 0 Å². The summed E-state index contributed by atoms with van der Waals surface area (Å²) in [5.74, 6) is 0.944. The summed E-state index contributed by atoms with van der Waals surface area (Å²) >= 11 is 0. The number of hydrogen-bond acceptors (Lipinski definition) is 4. The monoisotopic (exact) mass is 354 g/mol. The molecule has 6 heteroatoms. The number of anilines is 2. The summed E-state index contributed by atoms with van der Waals surface area (Å²) in [5.41, 5.74) is 1.02. The van der Waals surface area contributed by atoms with Gasteiger partial charge in [-0.25, -0.2) is 0 Å². The van der Waals surface area contributed by atoms with Crippen molar-refractivity contribution in [2.24, 2.45) is 5.41 Å². The number of nitrogens with one attached hydrogen (secondary N) is 2. The largest absolute Gasteiger partial charge is 0.494 e. The third-order valence-electron chi connectivity index (χ3n) is 4.12. The highest BCUT2D eigenvalue weighted by Crippen LogP contribution is 2.34. The topological polar surface area (TPSA) is 76.7 Å². The molecule has 6 nitrogen and oxygen atoms in total. The highest BCUT2D eigenvalue weighted by atomic mass is 16.5. The second-order valence-electron chi connectivity index (χ2n) is 6.75. The molecule has 0 fully saturated rings. The van der Waals surface area contributed by atoms with Crippen LogP contribution < -0.4 is 20.1 Å². The average Bonchev–Trinajstić information content (AvgIpc) is 2.72. The van der Waals surface area contributed by atoms with Crippen LogP contribution in [0.2, 0.25) is 0 Å². The molecule has 1 heterocycles. The number of carbonyl (C=O) groups is 2. The van der Waals surface area contributed by atoms with E-state index in [1.165, 1.54) is 0 Å². The van der Waals surface area contributed by atoms with Crippen molar-refractivity contribution in [2.45, 2.75) is 20.8 Å². The Morgan fingerprint density at radius 1 is 1.23 bits per heavy atom. The van der Waals surface area contributed by atoms with Crippen molar-refractivity contribution in [3.8, 4) is 11.5 Å². The minimum Gasteiger partial charge on any atom is -0.494 e. The number of benzene rings is 2. The van der Waals surface area contributed by atoms with Gasteiger partial charge in [-0.2, -0.15) is 0 Å². The molecule has 0 aliphatic carbocycles. The van der Waals surface area contributed by atoms with Gasteiger partial charge >= 0.3 is 0 Å². The number of amides is 2. The Bertz CT molecular complexity index is 828. The Morgan fingerprint density at radius 2 is 1.96 bits per heavy atom. The minimum absolute atomic E-state index is 0.119. The van der Waals surface area contributed by atoms with E-state index < -0.39 is 5.41 Å². The molecule has 3 rings (SSSR count). The Labute approximate surface area is 152 Å². The molecule has 1 aliphatic rings. The second-order valence-corrected chi connectivity index (χ2v) is 6.75. The lowest BCUT2D eigenvalue weighted by Crippen LogP contribution is -2.33. The molecular weight excluding hydrogens is 332 g/mol. The number of fused-ring (bicyclic) bond motifs is 1. The zero-order chi connectivity index (χ0) is 18.7. The normalized spacial score (nSPS) is 15.1. The van der Waals surface area contributed by atoms with Crippen LogP contribution in [-0.2, 0) is 4.79 Å². The van der Waals surface area contributed by atoms with E-state index in [0.29, 0.717) is 35.9 Å². The van der Waals surface area contributed by atoms with Crippen LogP contribution in [-0.4, -0.2) is 25.0 Å². The molecule has 0 unspecified atom stereocenters. The maximum absolute atomic E-state index is 12.4. The maximum Gasteiger partial charge on any atom is 0.255 e. The third kappa shape index (κ3) is 3.79. The maximum atomic E-state index is 12.4. The minimum atomic E-state index is -0.620. The summed E-state index contributed by atoms with van der Waals surface area (Å²) in [6.45, 7) is 6.42. The third-order valence-corrected chi connectivity index (χ3v) is 4.12. The van der Waals surface area contributed by atoms with Crippen molar-refractivity contribution < 1.29 is 19.1 Å². The van der Waals surface area contributed by atoms with Gasteiger partial charge in [-0.15, -0.1) is 0 Å². The quantitative estimate of drug-likeness (QED) is 0.878. The van der Waals surface area contributed by atoms with Crippen molar-refractivity contribution in [3.05, 3.63) is 48.0 Å². The molecule has 136 valence electrons. The SMILES string of the molecule is CCOc1ccc(C(=O)Nc2ccc3c(c2)NC(=O)C(C)(C)CO3)cc1. The number of rotatable bonds is 4. The summed E-state index contributed by atoms with van der Waals surface area (Å²) in [6, 6.07) is 12.1. The zero-order valence-corrected chi connectivity index (χ0v) is 15.1. The second kappa shape index (κ2) is 7.07. The molecule has 2 aromatic rings. The number of ether oxygens (including phenoxy) is 2. The lowest BCUT2D eigenvalue weighted by Gasteiger charge is -2.18. The van der Waals surface area contributed by atoms with Crippen LogP contribution in [0, 0.1) is 5.41 Å². The van der Waals surface area contributed by atoms with Gasteiger partial charge in [0.25, 0.3) is 5.91 Å². The molecule has 2 amide bonds. The molecule has 0 atom stereocenters. The standard InChI is InChI=1S/C20H22N2O4/c1-4-25-15-8-5-13(6-9-15)18(23)21-14-7-10-17-16(11-14)22-19(24)20(2,3)12-26-17/h5-11H,4,12H2,1-3H3,(H,21,23)(H,22,24). The molecule has 1 aliphatic heterocycles. The highest BCUT2D eigenvalue weighted by molar-refractivity contribution is 6.05. The summed E-state index contributed by atoms with van der Waals surface area (Å²) < 4.78 is 11.1. The molecule has 0 aromatic heterocycles. The molecule has 0 spiro atoms. The summed E-state index contributed by atoms with van der Waals surface area (Å²) in [4.78, 5) is 24.7. The smallest absolute Gasteiger partial charge is 0.255 e. The molecule has 0 radical (unpaired) electrons. The van der Waals surface area contributed by atoms with Gasteiger partial charge in [0.2, 0.25) is 5.91 Å². The predicted molar refractivity (Wildman–Crippen MR) is 99.9 cm³/mol. The Balaban J connectivity index is 1.75. The lowest BCUT2D eigenvalue weighted by molar-refractivity contribution is -0.124. The van der Waals surface area contributed by atoms with Crippen molar-refractivity contribution in [3.63, 3.8) is 0 Å². The van der Waals surface area contributed by atoms with Gasteiger partial charge in [0.1, 0.15) is 18.1 Å². The summed E-state index contributed by atoms with van der Waals surface area (Å²) in [6.07, 6.45) is 0. The first-order valence-corrected chi connectivity index (χ1v) is 8.51. The van der Waals surface area contributed by atoms with E-state index in [0.717, 1.165) is 5.75 Å². The summed E-state index contributed by atoms with van der Waals surface area (Å²) in [7, 11) is 0. The van der Waals surface area contributed by atoms with Crippen molar-refractivity contribution in [1.82, 2.24) is 0 Å². The molecule has 0 saturated carbocycles. The first kappa shape index (κ1) is 17.8. The predicted octanol–water partition coefficient (Wildman–Crippen LogP) is 3.69. The molecule has 2 N–H and O–H groups in total. The van der Waals surface area contributed by atoms with Gasteiger partial charge in [0, 0.05) is 11.3 Å². The van der Waals surface area contributed by atoms with Crippen LogP contribution in [0.4, 0.5) is 11.4 Å². The number of carbonyl (C=O) groups excluding carboxylic acids is 2. The number of hydrogen-bond donors (Lipinski definition) is 2. The van der Waals surface area contributed by atoms with E-state index in [2.05, 4.69) is 10.6 Å². The van der Waals surface area contributed by atoms with Crippen LogP contribution in [0.15, 0.2) is 42.5 Å². The molecule has 26 heavy (non-hydrogen) atoms. The van der Waals surface area contributed by atoms with E-state index in [1.807, 2.05) is 20.8 Å². The fraction of sp³-hybridized carbons (Fsp3) is 0.300. The zero-order valence-electron chi connectivity index (χ0n) is 15.1. The van der Waals surface area contributed by atoms with Crippen LogP contribution in [0.3, 0.4) is 0 Å². The van der Waals surface area contributed by atoms with Gasteiger partial charge in [-0.3, -0.25) is 9.59 Å². The van der Waals surface area contributed by atoms with Crippen molar-refractivity contribution in [2.75, 3.05) is 23.8 Å². The van der Waals surface area contributed by atoms with E-state index >= 15 is 0 Å². The van der Waals surface area contributed by atoms with Crippen LogP contribution in [0.5, 0.6) is 11.5 Å². The first-order chi connectivity index (χ1) is 12.4. The molecular formula is C20H22N2O4. The van der Waals surface area contributed by atoms with Crippen LogP contribution in [0.1, 0.15) is 31.1 Å². The van der Waals surface area contributed by atoms with Gasteiger partial charge < -0.3 is 20.1 Å². The van der Waals surface area contributed by atoms with Crippen molar-refractivity contribution >= 4 is 23.2 Å². The first-order valence-electron chi connectivity index (χ1n) is 8.51. The molecule has 0 bridgehead atoms. The Kier molecular flexibility index (Phi) is 4.84. The van der Waals surface area contributed by atoms with Gasteiger partial charge in [0.05, 0.1) is 17.7 Å². The van der Waals surface area contributed by atoms with E-state index in [9.17, 15) is 9.59 Å².